The quantitative estimate of drug-likeness (QED) is 0.198. The number of hydrogen-bond acceptors (Lipinski definition) is 8. The number of aryl methyl sites for hydroxylation is 2. The molecule has 1 atom stereocenters. The van der Waals surface area contributed by atoms with Gasteiger partial charge in [0.2, 0.25) is 0 Å². The van der Waals surface area contributed by atoms with Crippen LogP contribution in [0, 0.1) is 6.92 Å². The molecule has 0 unspecified atom stereocenters. The van der Waals surface area contributed by atoms with Crippen LogP contribution in [0.15, 0.2) is 42.5 Å². The second-order valence-electron chi connectivity index (χ2n) is 12.5. The number of ether oxygens (including phenoxy) is 2. The molecule has 3 fully saturated rings. The van der Waals surface area contributed by atoms with Crippen LogP contribution in [0.25, 0.3) is 43.1 Å². The Balaban J connectivity index is 1.22. The number of carboxylic acid groups (broad SMARTS) is 1. The van der Waals surface area contributed by atoms with E-state index >= 15 is 0 Å². The lowest BCUT2D eigenvalue weighted by Gasteiger charge is -2.41. The molecule has 3 aromatic heterocycles. The van der Waals surface area contributed by atoms with Crippen molar-refractivity contribution in [2.45, 2.75) is 56.8 Å². The molecule has 2 aromatic carbocycles. The molecule has 5 heterocycles. The van der Waals surface area contributed by atoms with Crippen molar-refractivity contribution < 1.29 is 19.4 Å². The van der Waals surface area contributed by atoms with Gasteiger partial charge in [0.15, 0.2) is 6.10 Å². The van der Waals surface area contributed by atoms with E-state index in [9.17, 15) is 9.90 Å². The molecule has 0 radical (unpaired) electrons. The first-order valence-corrected chi connectivity index (χ1v) is 16.8. The van der Waals surface area contributed by atoms with Crippen molar-refractivity contribution in [3.8, 4) is 21.8 Å². The van der Waals surface area contributed by atoms with Gasteiger partial charge in [0.1, 0.15) is 10.5 Å². The first kappa shape index (κ1) is 29.0. The molecular formula is C34H34ClN5O4S. The number of fused-ring (bicyclic) bond motifs is 2. The number of halogens is 1. The molecule has 11 heteroatoms. The summed E-state index contributed by atoms with van der Waals surface area (Å²) in [6.45, 7) is 5.72. The van der Waals surface area contributed by atoms with Crippen LogP contribution in [0.1, 0.15) is 54.5 Å². The minimum Gasteiger partial charge on any atom is -0.479 e. The molecule has 9 nitrogen and oxygen atoms in total. The van der Waals surface area contributed by atoms with Crippen molar-refractivity contribution in [1.29, 1.82) is 0 Å². The van der Waals surface area contributed by atoms with E-state index in [1.807, 2.05) is 55.1 Å². The highest BCUT2D eigenvalue weighted by atomic mass is 35.5. The highest BCUT2D eigenvalue weighted by Crippen LogP contribution is 2.45. The summed E-state index contributed by atoms with van der Waals surface area (Å²) in [7, 11) is 1.98. The van der Waals surface area contributed by atoms with Gasteiger partial charge < -0.3 is 14.6 Å². The fourth-order valence-electron chi connectivity index (χ4n) is 6.74. The van der Waals surface area contributed by atoms with E-state index in [0.29, 0.717) is 22.5 Å². The van der Waals surface area contributed by atoms with E-state index in [1.54, 1.807) is 0 Å². The van der Waals surface area contributed by atoms with Gasteiger partial charge in [0.05, 0.1) is 52.5 Å². The number of thiazole rings is 1. The van der Waals surface area contributed by atoms with E-state index in [4.69, 9.17) is 36.1 Å². The summed E-state index contributed by atoms with van der Waals surface area (Å²) in [5.74, 6) is -0.641. The number of nitrogens with zero attached hydrogens (tertiary/aromatic N) is 5. The molecule has 0 amide bonds. The average Bonchev–Trinajstić information content (AvgIpc) is 3.64. The SMILES string of the molecule is Cc1cc2nc(-c3ccc4c(n3)c(C3CCN(C5COC5)CC3)nn4C)sc2c(-c2ccc(Cl)cc2)c1[C@H](OC1CC1)C(=O)O. The van der Waals surface area contributed by atoms with Crippen molar-refractivity contribution >= 4 is 50.2 Å². The first-order valence-electron chi connectivity index (χ1n) is 15.6. The van der Waals surface area contributed by atoms with E-state index in [2.05, 4.69) is 11.0 Å². The Morgan fingerprint density at radius 2 is 1.84 bits per heavy atom. The maximum atomic E-state index is 12.6. The molecule has 2 saturated heterocycles. The third-order valence-corrected chi connectivity index (χ3v) is 10.8. The van der Waals surface area contributed by atoms with Gasteiger partial charge in [-0.15, -0.1) is 11.3 Å². The topological polar surface area (TPSA) is 103 Å². The zero-order valence-corrected chi connectivity index (χ0v) is 26.8. The summed E-state index contributed by atoms with van der Waals surface area (Å²) in [6.07, 6.45) is 2.76. The van der Waals surface area contributed by atoms with Crippen molar-refractivity contribution in [2.75, 3.05) is 26.3 Å². The Labute approximate surface area is 269 Å². The van der Waals surface area contributed by atoms with Crippen molar-refractivity contribution in [3.05, 3.63) is 64.3 Å². The molecule has 232 valence electrons. The molecule has 5 aromatic rings. The molecule has 1 saturated carbocycles. The van der Waals surface area contributed by atoms with Crippen LogP contribution in [0.3, 0.4) is 0 Å². The van der Waals surface area contributed by atoms with Crippen LogP contribution < -0.4 is 0 Å². The number of piperidine rings is 1. The van der Waals surface area contributed by atoms with E-state index in [1.165, 1.54) is 11.3 Å². The van der Waals surface area contributed by atoms with Gasteiger partial charge in [-0.3, -0.25) is 9.58 Å². The Bertz CT molecular complexity index is 1920. The molecule has 45 heavy (non-hydrogen) atoms. The number of carbonyl (C=O) groups is 1. The van der Waals surface area contributed by atoms with Crippen LogP contribution in [0.5, 0.6) is 0 Å². The molecule has 2 aliphatic heterocycles. The fourth-order valence-corrected chi connectivity index (χ4v) is 7.96. The third-order valence-electron chi connectivity index (χ3n) is 9.40. The lowest BCUT2D eigenvalue weighted by molar-refractivity contribution is -0.151. The standard InChI is InChI=1S/C34H34ClN5O4S/c1-18-15-25-32(28(19-3-5-21(35)6-4-19)27(18)31(34(41)42)44-23-7-8-23)45-33(37-25)24-9-10-26-30(36-24)29(38-39(26)2)20-11-13-40(14-12-20)22-16-43-17-22/h3-6,9-10,15,20,22-23,31H,7-8,11-14,16-17H2,1-2H3,(H,41,42)/t31-/m0/s1. The fraction of sp³-hybridized carbons (Fsp3) is 0.412. The predicted molar refractivity (Wildman–Crippen MR) is 175 cm³/mol. The average molecular weight is 644 g/mol. The highest BCUT2D eigenvalue weighted by molar-refractivity contribution is 7.22. The van der Waals surface area contributed by atoms with Gasteiger partial charge >= 0.3 is 5.97 Å². The minimum atomic E-state index is -1.08. The maximum Gasteiger partial charge on any atom is 0.337 e. The van der Waals surface area contributed by atoms with Gasteiger partial charge in [-0.1, -0.05) is 23.7 Å². The van der Waals surface area contributed by atoms with E-state index < -0.39 is 12.1 Å². The van der Waals surface area contributed by atoms with Crippen LogP contribution >= 0.6 is 22.9 Å². The van der Waals surface area contributed by atoms with Gasteiger partial charge in [-0.25, -0.2) is 14.8 Å². The van der Waals surface area contributed by atoms with Crippen molar-refractivity contribution in [1.82, 2.24) is 24.6 Å². The monoisotopic (exact) mass is 643 g/mol. The summed E-state index contributed by atoms with van der Waals surface area (Å²) in [5.41, 5.74) is 7.77. The number of benzene rings is 2. The maximum absolute atomic E-state index is 12.6. The van der Waals surface area contributed by atoms with Gasteiger partial charge in [0, 0.05) is 29.1 Å². The molecule has 1 aliphatic carbocycles. The molecule has 3 aliphatic rings. The highest BCUT2D eigenvalue weighted by Gasteiger charge is 2.35. The number of aromatic nitrogens is 4. The van der Waals surface area contributed by atoms with E-state index in [0.717, 1.165) is 106 Å². The number of pyridine rings is 1. The van der Waals surface area contributed by atoms with Crippen LogP contribution in [0.4, 0.5) is 0 Å². The zero-order chi connectivity index (χ0) is 30.8. The lowest BCUT2D eigenvalue weighted by Crippen LogP contribution is -2.51. The summed E-state index contributed by atoms with van der Waals surface area (Å²) < 4.78 is 14.4. The summed E-state index contributed by atoms with van der Waals surface area (Å²) in [6, 6.07) is 14.2. The largest absolute Gasteiger partial charge is 0.479 e. The molecular weight excluding hydrogens is 610 g/mol. The number of carboxylic acids is 1. The minimum absolute atomic E-state index is 0.0275. The molecule has 0 spiro atoms. The van der Waals surface area contributed by atoms with E-state index in [-0.39, 0.29) is 6.10 Å². The Morgan fingerprint density at radius 3 is 2.51 bits per heavy atom. The van der Waals surface area contributed by atoms with Gasteiger partial charge in [-0.2, -0.15) is 5.10 Å². The van der Waals surface area contributed by atoms with Crippen molar-refractivity contribution in [2.24, 2.45) is 7.05 Å². The number of hydrogen-bond donors (Lipinski definition) is 1. The second kappa shape index (κ2) is 11.4. The number of likely N-dealkylation sites (tertiary alicyclic amines) is 1. The molecule has 0 bridgehead atoms. The zero-order valence-electron chi connectivity index (χ0n) is 25.2. The summed E-state index contributed by atoms with van der Waals surface area (Å²) in [4.78, 5) is 25.4. The van der Waals surface area contributed by atoms with Crippen LogP contribution in [-0.2, 0) is 21.3 Å². The van der Waals surface area contributed by atoms with Crippen LogP contribution in [0.2, 0.25) is 5.02 Å². The predicted octanol–water partition coefficient (Wildman–Crippen LogP) is 6.76. The molecule has 8 rings (SSSR count). The number of rotatable bonds is 8. The second-order valence-corrected chi connectivity index (χ2v) is 13.9. The summed E-state index contributed by atoms with van der Waals surface area (Å²) in [5, 5.41) is 16.7. The Morgan fingerprint density at radius 1 is 1.09 bits per heavy atom. The first-order chi connectivity index (χ1) is 21.8. The van der Waals surface area contributed by atoms with Crippen molar-refractivity contribution in [3.63, 3.8) is 0 Å². The molecule has 1 N–H and O–H groups in total. The van der Waals surface area contributed by atoms with Gasteiger partial charge in [0.25, 0.3) is 0 Å². The smallest absolute Gasteiger partial charge is 0.337 e. The summed E-state index contributed by atoms with van der Waals surface area (Å²) >= 11 is 7.79. The Hall–Kier alpha value is -3.41. The van der Waals surface area contributed by atoms with Gasteiger partial charge in [-0.05, 0) is 87.2 Å². The third kappa shape index (κ3) is 5.32. The van der Waals surface area contributed by atoms with Crippen LogP contribution in [-0.4, -0.2) is 74.2 Å². The number of aliphatic carboxylic acids is 1. The normalized spacial score (nSPS) is 18.9. The lowest BCUT2D eigenvalue weighted by atomic mass is 9.91. The Kier molecular flexibility index (Phi) is 7.37.